The largest absolute Gasteiger partial charge is 0.494 e. The van der Waals surface area contributed by atoms with Crippen LogP contribution in [-0.4, -0.2) is 63.0 Å². The van der Waals surface area contributed by atoms with E-state index in [9.17, 15) is 4.79 Å². The summed E-state index contributed by atoms with van der Waals surface area (Å²) in [6.07, 6.45) is 3.01. The van der Waals surface area contributed by atoms with E-state index in [0.717, 1.165) is 22.8 Å². The van der Waals surface area contributed by atoms with Gasteiger partial charge >= 0.3 is 0 Å². The number of ether oxygens (including phenoxy) is 3. The van der Waals surface area contributed by atoms with Gasteiger partial charge in [-0.2, -0.15) is 11.8 Å². The van der Waals surface area contributed by atoms with Crippen LogP contribution in [0.1, 0.15) is 29.9 Å². The minimum atomic E-state index is -0.394. The first-order valence-electron chi connectivity index (χ1n) is 10.4. The van der Waals surface area contributed by atoms with E-state index >= 15 is 0 Å². The number of carbonyl (C=O) groups is 1. The van der Waals surface area contributed by atoms with Crippen LogP contribution in [0.5, 0.6) is 10.9 Å². The number of aromatic nitrogens is 4. The fourth-order valence-corrected chi connectivity index (χ4v) is 4.96. The molecule has 0 saturated carbocycles. The number of aryl methyl sites for hydroxylation is 1. The van der Waals surface area contributed by atoms with Gasteiger partial charge in [0.25, 0.3) is 11.1 Å². The van der Waals surface area contributed by atoms with Crippen molar-refractivity contribution in [3.8, 4) is 22.1 Å². The van der Waals surface area contributed by atoms with Crippen LogP contribution in [0.15, 0.2) is 24.5 Å². The first-order chi connectivity index (χ1) is 16.2. The summed E-state index contributed by atoms with van der Waals surface area (Å²) in [5.41, 5.74) is 2.31. The van der Waals surface area contributed by atoms with Crippen molar-refractivity contribution < 1.29 is 19.0 Å². The Balaban J connectivity index is 1.46. The maximum absolute atomic E-state index is 13.1. The average molecular weight is 522 g/mol. The van der Waals surface area contributed by atoms with Crippen LogP contribution < -0.4 is 14.8 Å². The molecule has 0 radical (unpaired) electrons. The van der Waals surface area contributed by atoms with E-state index in [2.05, 4.69) is 39.3 Å². The van der Waals surface area contributed by atoms with Gasteiger partial charge in [-0.05, 0) is 44.2 Å². The predicted molar refractivity (Wildman–Crippen MR) is 133 cm³/mol. The molecule has 0 aliphatic carbocycles. The zero-order chi connectivity index (χ0) is 24.3. The topological polar surface area (TPSA) is 108 Å². The van der Waals surface area contributed by atoms with Crippen LogP contribution in [0.4, 0.5) is 5.13 Å². The molecular formula is C22H24ClN5O4S2. The number of thioether (sulfide) groups is 1. The highest BCUT2D eigenvalue weighted by molar-refractivity contribution is 8.00. The maximum atomic E-state index is 13.1. The van der Waals surface area contributed by atoms with Gasteiger partial charge < -0.3 is 14.2 Å². The lowest BCUT2D eigenvalue weighted by molar-refractivity contribution is 0.0191. The highest BCUT2D eigenvalue weighted by Gasteiger charge is 2.29. The Morgan fingerprint density at radius 3 is 2.82 bits per heavy atom. The van der Waals surface area contributed by atoms with E-state index < -0.39 is 5.91 Å². The molecule has 3 aromatic heterocycles. The molecule has 1 fully saturated rings. The number of methoxy groups -OCH3 is 1. The molecule has 0 aromatic carbocycles. The van der Waals surface area contributed by atoms with Crippen LogP contribution in [0, 0.1) is 6.92 Å². The molecule has 1 N–H and O–H groups in total. The number of amides is 1. The second-order valence-corrected chi connectivity index (χ2v) is 11.3. The Hall–Kier alpha value is -2.47. The molecule has 1 atom stereocenters. The second-order valence-electron chi connectivity index (χ2n) is 8.22. The van der Waals surface area contributed by atoms with Crippen molar-refractivity contribution in [2.75, 3.05) is 31.4 Å². The zero-order valence-corrected chi connectivity index (χ0v) is 21.5. The van der Waals surface area contributed by atoms with Gasteiger partial charge in [-0.3, -0.25) is 15.1 Å². The van der Waals surface area contributed by atoms with Crippen molar-refractivity contribution >= 4 is 45.7 Å². The summed E-state index contributed by atoms with van der Waals surface area (Å²) >= 11 is 9.11. The maximum Gasteiger partial charge on any atom is 0.295 e. The van der Waals surface area contributed by atoms with Crippen LogP contribution in [0.3, 0.4) is 0 Å². The smallest absolute Gasteiger partial charge is 0.295 e. The molecule has 1 unspecified atom stereocenters. The first-order valence-corrected chi connectivity index (χ1v) is 12.6. The number of nitrogens with zero attached hydrogens (tertiary/aromatic N) is 4. The van der Waals surface area contributed by atoms with E-state index in [-0.39, 0.29) is 16.0 Å². The lowest BCUT2D eigenvalue weighted by atomic mass is 10.0. The molecule has 1 amide bonds. The molecule has 9 nitrogen and oxygen atoms in total. The summed E-state index contributed by atoms with van der Waals surface area (Å²) in [7, 11) is 1.53. The van der Waals surface area contributed by atoms with E-state index in [1.165, 1.54) is 19.5 Å². The molecule has 12 heteroatoms. The Morgan fingerprint density at radius 1 is 1.26 bits per heavy atom. The van der Waals surface area contributed by atoms with Crippen molar-refractivity contribution in [2.24, 2.45) is 0 Å². The van der Waals surface area contributed by atoms with Crippen LogP contribution in [-0.2, 0) is 4.74 Å². The summed E-state index contributed by atoms with van der Waals surface area (Å²) < 4.78 is 17.1. The van der Waals surface area contributed by atoms with Gasteiger partial charge in [-0.1, -0.05) is 16.7 Å². The van der Waals surface area contributed by atoms with Crippen LogP contribution >= 0.6 is 34.7 Å². The highest BCUT2D eigenvalue weighted by Crippen LogP contribution is 2.35. The van der Waals surface area contributed by atoms with Crippen LogP contribution in [0.2, 0.25) is 5.15 Å². The van der Waals surface area contributed by atoms with E-state index in [1.54, 1.807) is 12.1 Å². The van der Waals surface area contributed by atoms with Gasteiger partial charge in [0.1, 0.15) is 23.6 Å². The number of hydrogen-bond donors (Lipinski definition) is 1. The fourth-order valence-electron chi connectivity index (χ4n) is 3.22. The third-order valence-electron chi connectivity index (χ3n) is 4.98. The summed E-state index contributed by atoms with van der Waals surface area (Å²) in [6.45, 7) is 7.19. The summed E-state index contributed by atoms with van der Waals surface area (Å²) in [6, 6.07) is 3.44. The quantitative estimate of drug-likeness (QED) is 0.449. The lowest BCUT2D eigenvalue weighted by Gasteiger charge is -2.33. The molecular weight excluding hydrogens is 498 g/mol. The molecule has 1 saturated heterocycles. The van der Waals surface area contributed by atoms with Crippen molar-refractivity contribution in [1.29, 1.82) is 0 Å². The predicted octanol–water partition coefficient (Wildman–Crippen LogP) is 4.51. The monoisotopic (exact) mass is 521 g/mol. The molecule has 0 bridgehead atoms. The number of carbonyl (C=O) groups excluding carboxylic acids is 1. The zero-order valence-electron chi connectivity index (χ0n) is 19.1. The number of hydrogen-bond acceptors (Lipinski definition) is 10. The summed E-state index contributed by atoms with van der Waals surface area (Å²) in [5.74, 6) is 0.942. The summed E-state index contributed by atoms with van der Waals surface area (Å²) in [5, 5.41) is 11.8. The van der Waals surface area contributed by atoms with Crippen molar-refractivity contribution in [3.63, 3.8) is 0 Å². The Kier molecular flexibility index (Phi) is 7.56. The molecule has 3 aromatic rings. The number of halogens is 1. The van der Waals surface area contributed by atoms with Gasteiger partial charge in [0, 0.05) is 33.5 Å². The third-order valence-corrected chi connectivity index (χ3v) is 7.37. The molecule has 34 heavy (non-hydrogen) atoms. The minimum Gasteiger partial charge on any atom is -0.494 e. The highest BCUT2D eigenvalue weighted by atomic mass is 35.5. The molecule has 4 rings (SSSR count). The van der Waals surface area contributed by atoms with Crippen molar-refractivity contribution in [3.05, 3.63) is 40.9 Å². The standard InChI is InChI=1S/C22H24ClN5O4S2/c1-12-5-14(15-6-18(23)25-8-17(15)30-4)16(7-24-12)19(29)26-20-27-28-21(34-20)31-9-13-10-33-22(2,3)11-32-13/h5-8,13H,9-11H2,1-4H3,(H,26,27,29). The average Bonchev–Trinajstić information content (AvgIpc) is 3.25. The molecule has 4 heterocycles. The number of nitrogens with one attached hydrogen (secondary N) is 1. The molecule has 1 aliphatic rings. The van der Waals surface area contributed by atoms with E-state index in [1.807, 2.05) is 18.7 Å². The number of pyridine rings is 2. The fraction of sp³-hybridized carbons (Fsp3) is 0.409. The van der Waals surface area contributed by atoms with E-state index in [0.29, 0.717) is 46.0 Å². The number of rotatable bonds is 7. The van der Waals surface area contributed by atoms with E-state index in [4.69, 9.17) is 25.8 Å². The van der Waals surface area contributed by atoms with Crippen LogP contribution in [0.25, 0.3) is 11.1 Å². The van der Waals surface area contributed by atoms with Gasteiger partial charge in [0.2, 0.25) is 5.13 Å². The van der Waals surface area contributed by atoms with Crippen molar-refractivity contribution in [2.45, 2.75) is 31.6 Å². The Bertz CT molecular complexity index is 1180. The van der Waals surface area contributed by atoms with Crippen molar-refractivity contribution in [1.82, 2.24) is 20.2 Å². The Labute approximate surface area is 210 Å². The first kappa shape index (κ1) is 24.6. The Morgan fingerprint density at radius 2 is 2.09 bits per heavy atom. The lowest BCUT2D eigenvalue weighted by Crippen LogP contribution is -2.38. The van der Waals surface area contributed by atoms with Gasteiger partial charge in [-0.25, -0.2) is 4.98 Å². The number of anilines is 1. The van der Waals surface area contributed by atoms with Gasteiger partial charge in [0.15, 0.2) is 0 Å². The molecule has 1 aliphatic heterocycles. The minimum absolute atomic E-state index is 0.0108. The SMILES string of the molecule is COc1cnc(Cl)cc1-c1cc(C)ncc1C(=O)Nc1nnc(OCC2CSC(C)(C)CO2)s1. The van der Waals surface area contributed by atoms with Gasteiger partial charge in [0.05, 0.1) is 25.5 Å². The summed E-state index contributed by atoms with van der Waals surface area (Å²) in [4.78, 5) is 21.4. The molecule has 0 spiro atoms. The van der Waals surface area contributed by atoms with Gasteiger partial charge in [-0.15, -0.1) is 5.10 Å². The third kappa shape index (κ3) is 5.96. The molecule has 180 valence electrons. The normalized spacial score (nSPS) is 17.3. The second kappa shape index (κ2) is 10.4.